The van der Waals surface area contributed by atoms with Crippen LogP contribution in [-0.4, -0.2) is 48.7 Å². The summed E-state index contributed by atoms with van der Waals surface area (Å²) in [5.74, 6) is 0.625. The molecule has 0 aliphatic carbocycles. The summed E-state index contributed by atoms with van der Waals surface area (Å²) >= 11 is 0. The molecule has 1 rings (SSSR count). The maximum Gasteiger partial charge on any atom is 0.273 e. The summed E-state index contributed by atoms with van der Waals surface area (Å²) in [7, 11) is 0.0271. The van der Waals surface area contributed by atoms with Crippen LogP contribution in [-0.2, 0) is 22.0 Å². The average Bonchev–Trinajstić information content (AvgIpc) is 2.56. The van der Waals surface area contributed by atoms with Gasteiger partial charge in [-0.15, -0.1) is 10.2 Å². The zero-order valence-corrected chi connectivity index (χ0v) is 12.3. The zero-order chi connectivity index (χ0) is 14.1. The third-order valence-corrected chi connectivity index (χ3v) is 3.18. The molecular weight excluding hydrogens is 254 g/mol. The second-order valence-electron chi connectivity index (χ2n) is 5.50. The SMILES string of the molecule is CN(C)CCc1nnc(S(N)(=O)=O)n1C(C)(C)C. The van der Waals surface area contributed by atoms with Gasteiger partial charge in [-0.3, -0.25) is 4.57 Å². The molecule has 0 aliphatic rings. The van der Waals surface area contributed by atoms with Gasteiger partial charge in [0.25, 0.3) is 15.2 Å². The van der Waals surface area contributed by atoms with Crippen molar-refractivity contribution in [3.63, 3.8) is 0 Å². The van der Waals surface area contributed by atoms with Gasteiger partial charge in [-0.2, -0.15) is 0 Å². The molecule has 104 valence electrons. The molecule has 0 fully saturated rings. The largest absolute Gasteiger partial charge is 0.309 e. The first-order valence-corrected chi connectivity index (χ1v) is 7.20. The minimum absolute atomic E-state index is 0.177. The van der Waals surface area contributed by atoms with E-state index >= 15 is 0 Å². The number of hydrogen-bond donors (Lipinski definition) is 1. The maximum atomic E-state index is 11.5. The van der Waals surface area contributed by atoms with E-state index in [1.807, 2.05) is 39.8 Å². The highest BCUT2D eigenvalue weighted by Gasteiger charge is 2.28. The van der Waals surface area contributed by atoms with Crippen molar-refractivity contribution >= 4 is 10.0 Å². The van der Waals surface area contributed by atoms with Crippen molar-refractivity contribution < 1.29 is 8.42 Å². The van der Waals surface area contributed by atoms with Crippen molar-refractivity contribution in [2.45, 2.75) is 37.9 Å². The molecule has 0 amide bonds. The molecule has 0 saturated carbocycles. The minimum atomic E-state index is -3.86. The number of nitrogens with two attached hydrogens (primary N) is 1. The first-order valence-electron chi connectivity index (χ1n) is 5.66. The minimum Gasteiger partial charge on any atom is -0.309 e. The third-order valence-electron chi connectivity index (χ3n) is 2.41. The summed E-state index contributed by atoms with van der Waals surface area (Å²) in [5, 5.41) is 12.6. The quantitative estimate of drug-likeness (QED) is 0.820. The molecule has 2 N–H and O–H groups in total. The van der Waals surface area contributed by atoms with Crippen LogP contribution in [0.2, 0.25) is 0 Å². The molecule has 0 spiro atoms. The van der Waals surface area contributed by atoms with Crippen LogP contribution < -0.4 is 5.14 Å². The van der Waals surface area contributed by atoms with Gasteiger partial charge in [-0.25, -0.2) is 13.6 Å². The number of aromatic nitrogens is 3. The molecule has 1 aromatic rings. The fraction of sp³-hybridized carbons (Fsp3) is 0.800. The Labute approximate surface area is 108 Å². The Morgan fingerprint density at radius 1 is 1.28 bits per heavy atom. The fourth-order valence-electron chi connectivity index (χ4n) is 1.64. The second-order valence-corrected chi connectivity index (χ2v) is 6.96. The van der Waals surface area contributed by atoms with Crippen molar-refractivity contribution in [2.75, 3.05) is 20.6 Å². The van der Waals surface area contributed by atoms with Crippen LogP contribution in [0, 0.1) is 0 Å². The molecule has 0 bridgehead atoms. The summed E-state index contributed by atoms with van der Waals surface area (Å²) < 4.78 is 24.6. The van der Waals surface area contributed by atoms with E-state index in [0.29, 0.717) is 12.2 Å². The lowest BCUT2D eigenvalue weighted by Crippen LogP contribution is -2.31. The molecule has 7 nitrogen and oxygen atoms in total. The Morgan fingerprint density at radius 2 is 1.83 bits per heavy atom. The Hall–Kier alpha value is -0.990. The van der Waals surface area contributed by atoms with Gasteiger partial charge in [0.15, 0.2) is 0 Å². The summed E-state index contributed by atoms with van der Waals surface area (Å²) in [4.78, 5) is 2.00. The van der Waals surface area contributed by atoms with E-state index < -0.39 is 15.6 Å². The summed E-state index contributed by atoms with van der Waals surface area (Å²) in [6, 6.07) is 0. The fourth-order valence-corrected chi connectivity index (χ4v) is 2.43. The highest BCUT2D eigenvalue weighted by Crippen LogP contribution is 2.21. The summed E-state index contributed by atoms with van der Waals surface area (Å²) in [6.45, 7) is 6.44. The van der Waals surface area contributed by atoms with Gasteiger partial charge in [-0.1, -0.05) is 0 Å². The zero-order valence-electron chi connectivity index (χ0n) is 11.5. The first kappa shape index (κ1) is 15.1. The maximum absolute atomic E-state index is 11.5. The Morgan fingerprint density at radius 3 is 2.22 bits per heavy atom. The Kier molecular flexibility index (Phi) is 4.14. The van der Waals surface area contributed by atoms with Crippen LogP contribution >= 0.6 is 0 Å². The number of nitrogens with zero attached hydrogens (tertiary/aromatic N) is 4. The van der Waals surface area contributed by atoms with Crippen molar-refractivity contribution in [1.29, 1.82) is 0 Å². The van der Waals surface area contributed by atoms with Gasteiger partial charge in [0, 0.05) is 18.5 Å². The normalized spacial score (nSPS) is 13.3. The number of rotatable bonds is 4. The number of hydrogen-bond acceptors (Lipinski definition) is 5. The van der Waals surface area contributed by atoms with Crippen LogP contribution in [0.15, 0.2) is 5.16 Å². The molecule has 0 radical (unpaired) electrons. The van der Waals surface area contributed by atoms with Gasteiger partial charge < -0.3 is 4.90 Å². The van der Waals surface area contributed by atoms with Crippen LogP contribution in [0.1, 0.15) is 26.6 Å². The van der Waals surface area contributed by atoms with E-state index in [2.05, 4.69) is 10.2 Å². The molecule has 8 heteroatoms. The molecule has 18 heavy (non-hydrogen) atoms. The van der Waals surface area contributed by atoms with Crippen LogP contribution in [0.25, 0.3) is 0 Å². The van der Waals surface area contributed by atoms with E-state index in [-0.39, 0.29) is 5.16 Å². The molecule has 0 atom stereocenters. The van der Waals surface area contributed by atoms with Crippen molar-refractivity contribution in [1.82, 2.24) is 19.7 Å². The van der Waals surface area contributed by atoms with E-state index in [0.717, 1.165) is 6.54 Å². The van der Waals surface area contributed by atoms with Crippen molar-refractivity contribution in [2.24, 2.45) is 5.14 Å². The number of primary sulfonamides is 1. The lowest BCUT2D eigenvalue weighted by molar-refractivity contribution is 0.338. The van der Waals surface area contributed by atoms with Gasteiger partial charge in [0.05, 0.1) is 0 Å². The predicted octanol–water partition coefficient (Wildman–Crippen LogP) is -0.215. The lowest BCUT2D eigenvalue weighted by atomic mass is 10.1. The van der Waals surface area contributed by atoms with Crippen molar-refractivity contribution in [3.8, 4) is 0 Å². The summed E-state index contributed by atoms with van der Waals surface area (Å²) in [5.41, 5.74) is -0.438. The van der Waals surface area contributed by atoms with E-state index in [9.17, 15) is 8.42 Å². The van der Waals surface area contributed by atoms with Crippen LogP contribution in [0.5, 0.6) is 0 Å². The van der Waals surface area contributed by atoms with Gasteiger partial charge in [-0.05, 0) is 34.9 Å². The van der Waals surface area contributed by atoms with Gasteiger partial charge in [0.1, 0.15) is 5.82 Å². The predicted molar refractivity (Wildman–Crippen MR) is 68.6 cm³/mol. The van der Waals surface area contributed by atoms with Gasteiger partial charge in [0.2, 0.25) is 0 Å². The molecule has 0 saturated heterocycles. The number of likely N-dealkylation sites (N-methyl/N-ethyl adjacent to an activating group) is 1. The first-order chi connectivity index (χ1) is 8.03. The van der Waals surface area contributed by atoms with Crippen molar-refractivity contribution in [3.05, 3.63) is 5.82 Å². The second kappa shape index (κ2) is 4.94. The third kappa shape index (κ3) is 3.50. The van der Waals surface area contributed by atoms with E-state index in [4.69, 9.17) is 5.14 Å². The number of sulfonamides is 1. The Bertz CT molecular complexity index is 513. The standard InChI is InChI=1S/C10H21N5O2S/c1-10(2,3)15-8(6-7-14(4)5)12-13-9(15)18(11,16)17/h6-7H2,1-5H3,(H2,11,16,17). The Balaban J connectivity index is 3.26. The van der Waals surface area contributed by atoms with Crippen LogP contribution in [0.4, 0.5) is 0 Å². The average molecular weight is 275 g/mol. The topological polar surface area (TPSA) is 94.1 Å². The highest BCUT2D eigenvalue weighted by atomic mass is 32.2. The monoisotopic (exact) mass is 275 g/mol. The molecular formula is C10H21N5O2S. The van der Waals surface area contributed by atoms with Gasteiger partial charge >= 0.3 is 0 Å². The van der Waals surface area contributed by atoms with E-state index in [1.54, 1.807) is 4.57 Å². The summed E-state index contributed by atoms with van der Waals surface area (Å²) in [6.07, 6.45) is 0.618. The van der Waals surface area contributed by atoms with Crippen LogP contribution in [0.3, 0.4) is 0 Å². The van der Waals surface area contributed by atoms with E-state index in [1.165, 1.54) is 0 Å². The molecule has 1 heterocycles. The molecule has 0 unspecified atom stereocenters. The highest BCUT2D eigenvalue weighted by molar-refractivity contribution is 7.89. The smallest absolute Gasteiger partial charge is 0.273 e. The molecule has 0 aliphatic heterocycles. The lowest BCUT2D eigenvalue weighted by Gasteiger charge is -2.24. The molecule has 0 aromatic carbocycles. The molecule has 1 aromatic heterocycles.